The number of aromatic nitrogens is 3. The van der Waals surface area contributed by atoms with E-state index < -0.39 is 0 Å². The summed E-state index contributed by atoms with van der Waals surface area (Å²) in [5, 5.41) is 13.9. The van der Waals surface area contributed by atoms with E-state index in [9.17, 15) is 0 Å². The molecule has 0 aliphatic carbocycles. The Morgan fingerprint density at radius 1 is 1.28 bits per heavy atom. The molecule has 0 fully saturated rings. The number of hydrogen-bond donors (Lipinski definition) is 2. The van der Waals surface area contributed by atoms with Gasteiger partial charge in [0.2, 0.25) is 11.7 Å². The van der Waals surface area contributed by atoms with Crippen molar-refractivity contribution in [3.63, 3.8) is 0 Å². The van der Waals surface area contributed by atoms with E-state index >= 15 is 0 Å². The lowest BCUT2D eigenvalue weighted by atomic mass is 10.2. The number of aliphatic imine (C=N–C) groups is 1. The van der Waals surface area contributed by atoms with Crippen LogP contribution < -0.4 is 10.6 Å². The smallest absolute Gasteiger partial charge is 0.246 e. The number of nitrogens with zero attached hydrogens (tertiary/aromatic N) is 4. The third kappa shape index (κ3) is 4.77. The van der Waals surface area contributed by atoms with Crippen LogP contribution in [0.25, 0.3) is 11.4 Å². The van der Waals surface area contributed by atoms with Crippen LogP contribution in [0.1, 0.15) is 16.6 Å². The molecule has 0 unspecified atom stereocenters. The number of hydrogen-bond acceptors (Lipinski definition) is 6. The molecule has 0 atom stereocenters. The summed E-state index contributed by atoms with van der Waals surface area (Å²) in [5.41, 5.74) is 1.83. The third-order valence-corrected chi connectivity index (χ3v) is 4.46. The molecule has 3 aromatic rings. The first-order valence-electron chi connectivity index (χ1n) is 7.58. The van der Waals surface area contributed by atoms with Crippen molar-refractivity contribution >= 4 is 28.9 Å². The molecule has 9 heteroatoms. The van der Waals surface area contributed by atoms with Gasteiger partial charge < -0.3 is 15.2 Å². The van der Waals surface area contributed by atoms with Gasteiger partial charge in [0, 0.05) is 28.7 Å². The number of nitrogens with one attached hydrogen (secondary N) is 2. The highest BCUT2D eigenvalue weighted by atomic mass is 35.5. The molecule has 0 saturated carbocycles. The molecule has 0 aliphatic heterocycles. The van der Waals surface area contributed by atoms with Gasteiger partial charge in [-0.25, -0.2) is 4.98 Å². The van der Waals surface area contributed by atoms with E-state index in [-0.39, 0.29) is 0 Å². The van der Waals surface area contributed by atoms with Crippen LogP contribution in [0.4, 0.5) is 0 Å². The van der Waals surface area contributed by atoms with Gasteiger partial charge in [-0.2, -0.15) is 4.98 Å². The van der Waals surface area contributed by atoms with Gasteiger partial charge in [0.1, 0.15) is 5.01 Å². The fourth-order valence-corrected chi connectivity index (χ4v) is 3.00. The fourth-order valence-electron chi connectivity index (χ4n) is 2.09. The molecular formula is C16H17ClN6OS. The highest BCUT2D eigenvalue weighted by Crippen LogP contribution is 2.19. The summed E-state index contributed by atoms with van der Waals surface area (Å²) in [7, 11) is 1.70. The first-order valence-corrected chi connectivity index (χ1v) is 8.84. The molecule has 3 rings (SSSR count). The molecule has 130 valence electrons. The average Bonchev–Trinajstić information content (AvgIpc) is 3.24. The van der Waals surface area contributed by atoms with Crippen molar-refractivity contribution < 1.29 is 4.52 Å². The minimum absolute atomic E-state index is 0.365. The number of rotatable bonds is 5. The minimum Gasteiger partial charge on any atom is -0.350 e. The molecule has 1 aromatic carbocycles. The van der Waals surface area contributed by atoms with Crippen molar-refractivity contribution in [3.05, 3.63) is 51.3 Å². The van der Waals surface area contributed by atoms with E-state index in [0.29, 0.717) is 35.8 Å². The van der Waals surface area contributed by atoms with E-state index in [1.807, 2.05) is 24.4 Å². The van der Waals surface area contributed by atoms with Gasteiger partial charge in [-0.3, -0.25) is 4.99 Å². The van der Waals surface area contributed by atoms with Crippen LogP contribution in [0.2, 0.25) is 5.02 Å². The molecule has 0 radical (unpaired) electrons. The summed E-state index contributed by atoms with van der Waals surface area (Å²) in [6.45, 7) is 2.94. The van der Waals surface area contributed by atoms with Crippen LogP contribution in [-0.4, -0.2) is 28.1 Å². The van der Waals surface area contributed by atoms with Crippen molar-refractivity contribution in [1.29, 1.82) is 0 Å². The van der Waals surface area contributed by atoms with E-state index in [2.05, 4.69) is 30.8 Å². The van der Waals surface area contributed by atoms with Crippen molar-refractivity contribution in [1.82, 2.24) is 25.8 Å². The topological polar surface area (TPSA) is 88.2 Å². The lowest BCUT2D eigenvalue weighted by Gasteiger charge is -2.08. The van der Waals surface area contributed by atoms with Crippen LogP contribution in [0.5, 0.6) is 0 Å². The number of halogens is 1. The monoisotopic (exact) mass is 376 g/mol. The van der Waals surface area contributed by atoms with Gasteiger partial charge in [-0.05, 0) is 19.1 Å². The Hall–Kier alpha value is -2.45. The summed E-state index contributed by atoms with van der Waals surface area (Å²) in [4.78, 5) is 12.9. The van der Waals surface area contributed by atoms with E-state index in [0.717, 1.165) is 16.3 Å². The molecule has 0 bridgehead atoms. The summed E-state index contributed by atoms with van der Waals surface area (Å²) in [5.74, 6) is 1.60. The van der Waals surface area contributed by atoms with Gasteiger partial charge >= 0.3 is 0 Å². The highest BCUT2D eigenvalue weighted by molar-refractivity contribution is 7.09. The average molecular weight is 377 g/mol. The van der Waals surface area contributed by atoms with Crippen LogP contribution in [0.15, 0.2) is 39.2 Å². The van der Waals surface area contributed by atoms with Crippen molar-refractivity contribution in [2.75, 3.05) is 7.05 Å². The molecule has 0 amide bonds. The first-order chi connectivity index (χ1) is 12.1. The zero-order chi connectivity index (χ0) is 17.6. The number of aryl methyl sites for hydroxylation is 1. The summed E-state index contributed by atoms with van der Waals surface area (Å²) in [6, 6.07) is 7.32. The summed E-state index contributed by atoms with van der Waals surface area (Å²) >= 11 is 7.59. The Morgan fingerprint density at radius 2 is 2.12 bits per heavy atom. The molecule has 0 spiro atoms. The second-order valence-electron chi connectivity index (χ2n) is 5.18. The Balaban J connectivity index is 1.55. The molecule has 2 heterocycles. The number of benzene rings is 1. The quantitative estimate of drug-likeness (QED) is 0.525. The maximum Gasteiger partial charge on any atom is 0.246 e. The van der Waals surface area contributed by atoms with E-state index in [1.165, 1.54) is 0 Å². The van der Waals surface area contributed by atoms with Gasteiger partial charge in [0.25, 0.3) is 0 Å². The largest absolute Gasteiger partial charge is 0.350 e. The van der Waals surface area contributed by atoms with Crippen molar-refractivity contribution in [2.24, 2.45) is 4.99 Å². The van der Waals surface area contributed by atoms with Crippen LogP contribution in [0, 0.1) is 6.92 Å². The SMILES string of the molecule is CN=C(NCc1nc(-c2cccc(Cl)c2)no1)NCc1nc(C)cs1. The molecule has 25 heavy (non-hydrogen) atoms. The number of guanidine groups is 1. The molecule has 0 aliphatic rings. The van der Waals surface area contributed by atoms with Crippen LogP contribution in [-0.2, 0) is 13.1 Å². The molecule has 7 nitrogen and oxygen atoms in total. The van der Waals surface area contributed by atoms with E-state index in [1.54, 1.807) is 30.5 Å². The molecule has 2 N–H and O–H groups in total. The first kappa shape index (κ1) is 17.4. The third-order valence-electron chi connectivity index (χ3n) is 3.26. The van der Waals surface area contributed by atoms with E-state index in [4.69, 9.17) is 16.1 Å². The summed E-state index contributed by atoms with van der Waals surface area (Å²) < 4.78 is 5.26. The lowest BCUT2D eigenvalue weighted by Crippen LogP contribution is -2.36. The Morgan fingerprint density at radius 3 is 2.84 bits per heavy atom. The highest BCUT2D eigenvalue weighted by Gasteiger charge is 2.10. The Labute approximate surface area is 154 Å². The fraction of sp³-hybridized carbons (Fsp3) is 0.250. The second kappa shape index (κ2) is 8.09. The zero-order valence-corrected chi connectivity index (χ0v) is 15.4. The van der Waals surface area contributed by atoms with Gasteiger partial charge in [-0.15, -0.1) is 11.3 Å². The van der Waals surface area contributed by atoms with Gasteiger partial charge in [-0.1, -0.05) is 28.9 Å². The molecular weight excluding hydrogens is 360 g/mol. The zero-order valence-electron chi connectivity index (χ0n) is 13.8. The molecule has 2 aromatic heterocycles. The van der Waals surface area contributed by atoms with Crippen LogP contribution in [0.3, 0.4) is 0 Å². The lowest BCUT2D eigenvalue weighted by molar-refractivity contribution is 0.375. The van der Waals surface area contributed by atoms with Crippen molar-refractivity contribution in [3.8, 4) is 11.4 Å². The maximum atomic E-state index is 5.98. The van der Waals surface area contributed by atoms with Crippen LogP contribution >= 0.6 is 22.9 Å². The predicted molar refractivity (Wildman–Crippen MR) is 98.6 cm³/mol. The maximum absolute atomic E-state index is 5.98. The Kier molecular flexibility index (Phi) is 5.62. The number of thiazole rings is 1. The predicted octanol–water partition coefficient (Wildman–Crippen LogP) is 3.02. The van der Waals surface area contributed by atoms with Crippen molar-refractivity contribution in [2.45, 2.75) is 20.0 Å². The Bertz CT molecular complexity index is 875. The second-order valence-corrected chi connectivity index (χ2v) is 6.56. The normalized spacial score (nSPS) is 11.6. The van der Waals surface area contributed by atoms with Gasteiger partial charge in [0.05, 0.1) is 13.1 Å². The standard InChI is InChI=1S/C16H17ClN6OS/c1-10-9-25-14(21-10)8-20-16(18-2)19-7-13-22-15(23-24-13)11-4-3-5-12(17)6-11/h3-6,9H,7-8H2,1-2H3,(H2,18,19,20). The van der Waals surface area contributed by atoms with Gasteiger partial charge in [0.15, 0.2) is 5.96 Å². The summed E-state index contributed by atoms with van der Waals surface area (Å²) in [6.07, 6.45) is 0. The minimum atomic E-state index is 0.365. The molecule has 0 saturated heterocycles.